The van der Waals surface area contributed by atoms with Crippen LogP contribution in [0.5, 0.6) is 0 Å². The second-order valence-electron chi connectivity index (χ2n) is 4.65. The number of nitrogens with zero attached hydrogens (tertiary/aromatic N) is 1. The lowest BCUT2D eigenvalue weighted by Gasteiger charge is -2.08. The highest BCUT2D eigenvalue weighted by molar-refractivity contribution is 7.99. The van der Waals surface area contributed by atoms with Crippen LogP contribution in [0.4, 0.5) is 8.78 Å². The third kappa shape index (κ3) is 3.55. The van der Waals surface area contributed by atoms with Crippen molar-refractivity contribution in [2.24, 2.45) is 0 Å². The van der Waals surface area contributed by atoms with Crippen LogP contribution in [0.3, 0.4) is 0 Å². The van der Waals surface area contributed by atoms with Gasteiger partial charge in [-0.15, -0.1) is 0 Å². The maximum Gasteiger partial charge on any atom is 0.140 e. The summed E-state index contributed by atoms with van der Waals surface area (Å²) in [6.07, 6.45) is 0. The summed E-state index contributed by atoms with van der Waals surface area (Å²) >= 11 is 1.01. The number of rotatable bonds is 4. The van der Waals surface area contributed by atoms with Crippen molar-refractivity contribution in [3.63, 3.8) is 0 Å². The molecule has 1 heterocycles. The van der Waals surface area contributed by atoms with Crippen molar-refractivity contribution in [3.05, 3.63) is 52.7 Å². The van der Waals surface area contributed by atoms with Gasteiger partial charge in [-0.3, -0.25) is 0 Å². The first-order valence-electron chi connectivity index (χ1n) is 6.25. The fraction of sp³-hybridized carbons (Fsp3) is 0.267. The molecule has 106 valence electrons. The van der Waals surface area contributed by atoms with Crippen LogP contribution in [0.25, 0.3) is 0 Å². The van der Waals surface area contributed by atoms with E-state index in [9.17, 15) is 8.78 Å². The standard InChI is InChI=1S/C15H16F2N2S/c1-9-4-10(2)19-14(5-9)20-15-12(16)6-11(8-18-3)7-13(15)17/h4-7,18H,8H2,1-3H3. The van der Waals surface area contributed by atoms with Crippen LogP contribution < -0.4 is 5.32 Å². The molecule has 2 nitrogen and oxygen atoms in total. The van der Waals surface area contributed by atoms with Gasteiger partial charge in [0.2, 0.25) is 0 Å². The van der Waals surface area contributed by atoms with Crippen LogP contribution in [0.15, 0.2) is 34.2 Å². The van der Waals surface area contributed by atoms with E-state index in [0.29, 0.717) is 17.1 Å². The SMILES string of the molecule is CNCc1cc(F)c(Sc2cc(C)cc(C)n2)c(F)c1. The minimum absolute atomic E-state index is 0.0117. The second-order valence-corrected chi connectivity index (χ2v) is 5.68. The fourth-order valence-electron chi connectivity index (χ4n) is 1.98. The molecule has 0 aliphatic carbocycles. The lowest BCUT2D eigenvalue weighted by atomic mass is 10.2. The molecule has 2 rings (SSSR count). The van der Waals surface area contributed by atoms with E-state index >= 15 is 0 Å². The van der Waals surface area contributed by atoms with Gasteiger partial charge in [-0.1, -0.05) is 11.8 Å². The molecule has 1 aromatic carbocycles. The number of hydrogen-bond donors (Lipinski definition) is 1. The van der Waals surface area contributed by atoms with E-state index < -0.39 is 11.6 Å². The zero-order valence-corrected chi connectivity index (χ0v) is 12.4. The predicted octanol–water partition coefficient (Wildman–Crippen LogP) is 3.85. The van der Waals surface area contributed by atoms with Crippen molar-refractivity contribution < 1.29 is 8.78 Å². The fourth-order valence-corrected chi connectivity index (χ4v) is 2.93. The van der Waals surface area contributed by atoms with Crippen LogP contribution in [-0.2, 0) is 6.54 Å². The smallest absolute Gasteiger partial charge is 0.140 e. The molecule has 0 fully saturated rings. The molecule has 2 aromatic rings. The molecule has 0 spiro atoms. The minimum atomic E-state index is -0.554. The first kappa shape index (κ1) is 14.9. The Labute approximate surface area is 121 Å². The molecule has 5 heteroatoms. The summed E-state index contributed by atoms with van der Waals surface area (Å²) in [5, 5.41) is 3.47. The molecule has 0 saturated heterocycles. The Morgan fingerprint density at radius 1 is 1.10 bits per heavy atom. The number of halogens is 2. The first-order valence-corrected chi connectivity index (χ1v) is 7.07. The van der Waals surface area contributed by atoms with Crippen LogP contribution in [0.2, 0.25) is 0 Å². The van der Waals surface area contributed by atoms with Crippen molar-refractivity contribution >= 4 is 11.8 Å². The third-order valence-corrected chi connectivity index (χ3v) is 3.73. The third-order valence-electron chi connectivity index (χ3n) is 2.72. The Bertz CT molecular complexity index is 586. The van der Waals surface area contributed by atoms with Gasteiger partial charge in [-0.2, -0.15) is 0 Å². The maximum absolute atomic E-state index is 14.0. The maximum atomic E-state index is 14.0. The van der Waals surface area contributed by atoms with Gasteiger partial charge in [0.1, 0.15) is 16.7 Å². The number of benzene rings is 1. The number of aryl methyl sites for hydroxylation is 2. The van der Waals surface area contributed by atoms with E-state index in [1.807, 2.05) is 26.0 Å². The zero-order chi connectivity index (χ0) is 14.7. The summed E-state index contributed by atoms with van der Waals surface area (Å²) in [4.78, 5) is 4.28. The highest BCUT2D eigenvalue weighted by Gasteiger charge is 2.13. The predicted molar refractivity (Wildman–Crippen MR) is 77.0 cm³/mol. The van der Waals surface area contributed by atoms with Crippen molar-refractivity contribution in [2.45, 2.75) is 30.3 Å². The van der Waals surface area contributed by atoms with Crippen LogP contribution in [0.1, 0.15) is 16.8 Å². The largest absolute Gasteiger partial charge is 0.316 e. The summed E-state index contributed by atoms with van der Waals surface area (Å²) in [6.45, 7) is 4.22. The summed E-state index contributed by atoms with van der Waals surface area (Å²) in [7, 11) is 1.73. The Kier molecular flexibility index (Phi) is 4.73. The average molecular weight is 294 g/mol. The van der Waals surface area contributed by atoms with E-state index in [1.54, 1.807) is 7.05 Å². The van der Waals surface area contributed by atoms with Gasteiger partial charge in [-0.25, -0.2) is 13.8 Å². The van der Waals surface area contributed by atoms with E-state index in [4.69, 9.17) is 0 Å². The summed E-state index contributed by atoms with van der Waals surface area (Å²) in [5.74, 6) is -1.11. The Morgan fingerprint density at radius 2 is 1.75 bits per heavy atom. The van der Waals surface area contributed by atoms with Crippen LogP contribution >= 0.6 is 11.8 Å². The summed E-state index contributed by atoms with van der Waals surface area (Å²) in [5.41, 5.74) is 2.44. The molecule has 0 radical (unpaired) electrons. The average Bonchev–Trinajstić information content (AvgIpc) is 2.33. The van der Waals surface area contributed by atoms with Gasteiger partial charge in [0.05, 0.1) is 4.90 Å². The van der Waals surface area contributed by atoms with E-state index in [0.717, 1.165) is 23.0 Å². The molecule has 1 N–H and O–H groups in total. The molecule has 0 amide bonds. The molecule has 0 bridgehead atoms. The zero-order valence-electron chi connectivity index (χ0n) is 11.6. The van der Waals surface area contributed by atoms with E-state index in [1.165, 1.54) is 12.1 Å². The quantitative estimate of drug-likeness (QED) is 0.927. The summed E-state index contributed by atoms with van der Waals surface area (Å²) < 4.78 is 28.0. The van der Waals surface area contributed by atoms with E-state index in [-0.39, 0.29) is 4.90 Å². The van der Waals surface area contributed by atoms with Crippen molar-refractivity contribution in [1.82, 2.24) is 10.3 Å². The highest BCUT2D eigenvalue weighted by Crippen LogP contribution is 2.32. The van der Waals surface area contributed by atoms with E-state index in [2.05, 4.69) is 10.3 Å². The topological polar surface area (TPSA) is 24.9 Å². The molecule has 0 unspecified atom stereocenters. The number of aromatic nitrogens is 1. The molecular weight excluding hydrogens is 278 g/mol. The van der Waals surface area contributed by atoms with Gasteiger partial charge in [0.15, 0.2) is 0 Å². The molecule has 20 heavy (non-hydrogen) atoms. The minimum Gasteiger partial charge on any atom is -0.316 e. The van der Waals surface area contributed by atoms with Crippen molar-refractivity contribution in [2.75, 3.05) is 7.05 Å². The lowest BCUT2D eigenvalue weighted by molar-refractivity contribution is 0.535. The van der Waals surface area contributed by atoms with Crippen molar-refractivity contribution in [3.8, 4) is 0 Å². The van der Waals surface area contributed by atoms with Gasteiger partial charge in [0, 0.05) is 12.2 Å². The molecule has 0 atom stereocenters. The number of pyridine rings is 1. The Hall–Kier alpha value is -1.46. The number of hydrogen-bond acceptors (Lipinski definition) is 3. The molecule has 0 aliphatic rings. The Balaban J connectivity index is 2.33. The van der Waals surface area contributed by atoms with Crippen LogP contribution in [0, 0.1) is 25.5 Å². The second kappa shape index (κ2) is 6.33. The van der Waals surface area contributed by atoms with Crippen molar-refractivity contribution in [1.29, 1.82) is 0 Å². The highest BCUT2D eigenvalue weighted by atomic mass is 32.2. The van der Waals surface area contributed by atoms with Gasteiger partial charge >= 0.3 is 0 Å². The molecule has 1 aromatic heterocycles. The number of nitrogens with one attached hydrogen (secondary N) is 1. The molecule has 0 aliphatic heterocycles. The lowest BCUT2D eigenvalue weighted by Crippen LogP contribution is -2.06. The Morgan fingerprint density at radius 3 is 2.30 bits per heavy atom. The normalized spacial score (nSPS) is 10.8. The first-order chi connectivity index (χ1) is 9.49. The van der Waals surface area contributed by atoms with Crippen LogP contribution in [-0.4, -0.2) is 12.0 Å². The molecule has 0 saturated carbocycles. The van der Waals surface area contributed by atoms with Gasteiger partial charge in [0.25, 0.3) is 0 Å². The molecular formula is C15H16F2N2S. The monoisotopic (exact) mass is 294 g/mol. The van der Waals surface area contributed by atoms with Gasteiger partial charge < -0.3 is 5.32 Å². The summed E-state index contributed by atoms with van der Waals surface area (Å²) in [6, 6.07) is 6.44. The van der Waals surface area contributed by atoms with Gasteiger partial charge in [-0.05, 0) is 56.3 Å².